The number of benzene rings is 1. The maximum atomic E-state index is 12.9. The second-order valence-electron chi connectivity index (χ2n) is 13.3. The van der Waals surface area contributed by atoms with E-state index in [2.05, 4.69) is 32.8 Å². The van der Waals surface area contributed by atoms with Crippen LogP contribution in [0.2, 0.25) is 0 Å². The minimum atomic E-state index is -0.969. The lowest BCUT2D eigenvalue weighted by molar-refractivity contribution is -0.134. The highest BCUT2D eigenvalue weighted by Crippen LogP contribution is 2.25. The molecule has 1 aromatic carbocycles. The summed E-state index contributed by atoms with van der Waals surface area (Å²) in [7, 11) is 0. The predicted octanol–water partition coefficient (Wildman–Crippen LogP) is 3.22. The van der Waals surface area contributed by atoms with Crippen molar-refractivity contribution in [3.63, 3.8) is 0 Å². The summed E-state index contributed by atoms with van der Waals surface area (Å²) in [6, 6.07) is 8.45. The number of carbonyl (C=O) groups is 4. The second kappa shape index (κ2) is 16.0. The number of ether oxygens (including phenoxy) is 1. The number of hydrogen-bond acceptors (Lipinski definition) is 8. The minimum absolute atomic E-state index is 0.0163. The third kappa shape index (κ3) is 10.2. The summed E-state index contributed by atoms with van der Waals surface area (Å²) >= 11 is 0. The van der Waals surface area contributed by atoms with E-state index in [4.69, 9.17) is 9.84 Å². The van der Waals surface area contributed by atoms with Crippen LogP contribution in [0, 0.1) is 0 Å². The van der Waals surface area contributed by atoms with Crippen LogP contribution in [0.25, 0.3) is 5.69 Å². The molecule has 1 aliphatic heterocycles. The third-order valence-corrected chi connectivity index (χ3v) is 8.57. The average molecular weight is 669 g/mol. The van der Waals surface area contributed by atoms with E-state index in [1.165, 1.54) is 4.57 Å². The first-order chi connectivity index (χ1) is 22.7. The molecule has 262 valence electrons. The number of nitrogens with one attached hydrogen (secondary N) is 3. The number of rotatable bonds is 9. The van der Waals surface area contributed by atoms with Gasteiger partial charge in [0, 0.05) is 51.0 Å². The second-order valence-corrected chi connectivity index (χ2v) is 13.3. The van der Waals surface area contributed by atoms with Gasteiger partial charge < -0.3 is 30.3 Å². The largest absolute Gasteiger partial charge is 0.465 e. The van der Waals surface area contributed by atoms with Gasteiger partial charge in [0.2, 0.25) is 5.91 Å². The Kier molecular flexibility index (Phi) is 12.0. The summed E-state index contributed by atoms with van der Waals surface area (Å²) in [5.41, 5.74) is 0.534. The molecule has 0 bridgehead atoms. The van der Waals surface area contributed by atoms with E-state index < -0.39 is 35.6 Å². The molecule has 2 heterocycles. The number of carboxylic acid groups (broad SMARTS) is 1. The summed E-state index contributed by atoms with van der Waals surface area (Å²) in [4.78, 5) is 71.2. The monoisotopic (exact) mass is 668 g/mol. The summed E-state index contributed by atoms with van der Waals surface area (Å²) < 4.78 is 6.62. The summed E-state index contributed by atoms with van der Waals surface area (Å²) in [6.07, 6.45) is 3.45. The van der Waals surface area contributed by atoms with E-state index in [-0.39, 0.29) is 30.9 Å². The number of carbonyl (C=O) groups excluding carboxylic acids is 3. The van der Waals surface area contributed by atoms with Crippen molar-refractivity contribution >= 4 is 29.9 Å². The molecule has 0 spiro atoms. The summed E-state index contributed by atoms with van der Waals surface area (Å²) in [5.74, 6) is -0.144. The number of hydrogen-bond donors (Lipinski definition) is 4. The molecule has 2 fully saturated rings. The quantitative estimate of drug-likeness (QED) is 0.312. The molecule has 0 radical (unpaired) electrons. The molecule has 1 aromatic heterocycles. The van der Waals surface area contributed by atoms with Gasteiger partial charge in [0.05, 0.1) is 5.69 Å². The van der Waals surface area contributed by atoms with Gasteiger partial charge in [-0.3, -0.25) is 19.6 Å². The Balaban J connectivity index is 1.26. The summed E-state index contributed by atoms with van der Waals surface area (Å²) in [5, 5.41) is 16.8. The molecule has 4 rings (SSSR count). The van der Waals surface area contributed by atoms with Crippen LogP contribution in [0.5, 0.6) is 0 Å². The standard InChI is InChI=1S/C33H48N8O7/c1-6-38(25-13-9-24(10-14-25)35-31(45)46)21-23-7-11-26(12-8-23)41-16-15-27(37-30(41)44)36-29(43)40-19-17-39(18-20-40)28(42)22(2)34-32(47)48-33(3,4)5/h7-8,11-12,15-16,22,24-25,35H,6,9-10,13-14,17-21H2,1-5H3,(H,34,47)(H,45,46)(H,36,37,43,44)/t22-,24-,25-/m0/s1. The Hall–Kier alpha value is -4.66. The van der Waals surface area contributed by atoms with Gasteiger partial charge in [-0.2, -0.15) is 4.98 Å². The van der Waals surface area contributed by atoms with Gasteiger partial charge >= 0.3 is 23.9 Å². The van der Waals surface area contributed by atoms with Gasteiger partial charge in [-0.1, -0.05) is 19.1 Å². The van der Waals surface area contributed by atoms with Gasteiger partial charge in [-0.25, -0.2) is 19.2 Å². The number of nitrogens with zero attached hydrogens (tertiary/aromatic N) is 5. The van der Waals surface area contributed by atoms with E-state index in [9.17, 15) is 24.0 Å². The molecule has 1 atom stereocenters. The normalized spacial score (nSPS) is 19.0. The first-order valence-electron chi connectivity index (χ1n) is 16.5. The lowest BCUT2D eigenvalue weighted by Crippen LogP contribution is -2.56. The number of anilines is 1. The van der Waals surface area contributed by atoms with Crippen molar-refractivity contribution in [2.45, 2.75) is 90.6 Å². The maximum absolute atomic E-state index is 12.9. The molecule has 48 heavy (non-hydrogen) atoms. The molecule has 2 aliphatic rings. The van der Waals surface area contributed by atoms with Crippen molar-refractivity contribution in [1.82, 2.24) is 34.9 Å². The fraction of sp³-hybridized carbons (Fsp3) is 0.576. The molecule has 2 aromatic rings. The zero-order chi connectivity index (χ0) is 35.0. The van der Waals surface area contributed by atoms with E-state index in [1.54, 1.807) is 49.8 Å². The van der Waals surface area contributed by atoms with Crippen LogP contribution in [0.1, 0.15) is 65.9 Å². The molecular formula is C33H48N8O7. The molecule has 5 amide bonds. The number of piperazine rings is 1. The smallest absolute Gasteiger partial charge is 0.408 e. The number of urea groups is 1. The van der Waals surface area contributed by atoms with E-state index >= 15 is 0 Å². The van der Waals surface area contributed by atoms with Crippen LogP contribution in [0.4, 0.5) is 20.2 Å². The van der Waals surface area contributed by atoms with Crippen molar-refractivity contribution < 1.29 is 29.0 Å². The highest BCUT2D eigenvalue weighted by Gasteiger charge is 2.29. The predicted molar refractivity (Wildman–Crippen MR) is 179 cm³/mol. The number of amides is 5. The molecule has 1 saturated carbocycles. The topological polar surface area (TPSA) is 178 Å². The van der Waals surface area contributed by atoms with Gasteiger partial charge in [0.1, 0.15) is 17.5 Å². The van der Waals surface area contributed by atoms with Crippen molar-refractivity contribution in [2.24, 2.45) is 0 Å². The Labute approximate surface area is 280 Å². The van der Waals surface area contributed by atoms with Crippen LogP contribution in [-0.2, 0) is 16.1 Å². The zero-order valence-corrected chi connectivity index (χ0v) is 28.4. The molecule has 0 unspecified atom stereocenters. The van der Waals surface area contributed by atoms with Gasteiger partial charge in [-0.15, -0.1) is 0 Å². The van der Waals surface area contributed by atoms with Crippen LogP contribution >= 0.6 is 0 Å². The van der Waals surface area contributed by atoms with E-state index in [0.29, 0.717) is 24.8 Å². The summed E-state index contributed by atoms with van der Waals surface area (Å²) in [6.45, 7) is 11.7. The van der Waals surface area contributed by atoms with E-state index in [0.717, 1.165) is 44.3 Å². The van der Waals surface area contributed by atoms with Crippen LogP contribution in [-0.4, -0.2) is 110 Å². The minimum Gasteiger partial charge on any atom is -0.465 e. The fourth-order valence-electron chi connectivity index (χ4n) is 6.06. The highest BCUT2D eigenvalue weighted by atomic mass is 16.6. The van der Waals surface area contributed by atoms with Gasteiger partial charge in [0.15, 0.2) is 0 Å². The maximum Gasteiger partial charge on any atom is 0.408 e. The molecule has 1 aliphatic carbocycles. The van der Waals surface area contributed by atoms with Crippen LogP contribution < -0.4 is 21.6 Å². The van der Waals surface area contributed by atoms with Crippen molar-refractivity contribution in [2.75, 3.05) is 38.0 Å². The first-order valence-corrected chi connectivity index (χ1v) is 16.5. The lowest BCUT2D eigenvalue weighted by atomic mass is 9.90. The van der Waals surface area contributed by atoms with Crippen LogP contribution in [0.3, 0.4) is 0 Å². The molecule has 1 saturated heterocycles. The Morgan fingerprint density at radius 1 is 1.00 bits per heavy atom. The number of aromatic nitrogens is 2. The van der Waals surface area contributed by atoms with Gasteiger partial charge in [-0.05, 0) is 83.7 Å². The SMILES string of the molecule is CCN(Cc1ccc(-n2ccc(NC(=O)N3CCN(C(=O)[C@H](C)NC(=O)OC(C)(C)C)CC3)nc2=O)cc1)[C@H]1CC[C@H](NC(=O)O)CC1. The first kappa shape index (κ1) is 36.2. The number of alkyl carbamates (subject to hydrolysis) is 1. The van der Waals surface area contributed by atoms with Crippen molar-refractivity contribution in [1.29, 1.82) is 0 Å². The van der Waals surface area contributed by atoms with Crippen molar-refractivity contribution in [3.8, 4) is 5.69 Å². The lowest BCUT2D eigenvalue weighted by Gasteiger charge is -2.36. The van der Waals surface area contributed by atoms with Gasteiger partial charge in [0.25, 0.3) is 0 Å². The molecular weight excluding hydrogens is 620 g/mol. The molecule has 4 N–H and O–H groups in total. The third-order valence-electron chi connectivity index (χ3n) is 8.57. The Morgan fingerprint density at radius 3 is 2.19 bits per heavy atom. The van der Waals surface area contributed by atoms with E-state index in [1.807, 2.05) is 24.3 Å². The Morgan fingerprint density at radius 2 is 1.62 bits per heavy atom. The zero-order valence-electron chi connectivity index (χ0n) is 28.4. The Bertz CT molecular complexity index is 1490. The fourth-order valence-corrected chi connectivity index (χ4v) is 6.06. The molecule has 15 nitrogen and oxygen atoms in total. The van der Waals surface area contributed by atoms with Crippen LogP contribution in [0.15, 0.2) is 41.3 Å². The average Bonchev–Trinajstić information content (AvgIpc) is 3.03. The molecule has 15 heteroatoms. The van der Waals surface area contributed by atoms with Crippen molar-refractivity contribution in [3.05, 3.63) is 52.6 Å². The highest BCUT2D eigenvalue weighted by molar-refractivity contribution is 5.89.